The van der Waals surface area contributed by atoms with E-state index in [4.69, 9.17) is 0 Å². The Morgan fingerprint density at radius 2 is 1.79 bits per heavy atom. The zero-order valence-corrected chi connectivity index (χ0v) is 16.6. The number of rotatable bonds is 5. The molecule has 0 saturated heterocycles. The Labute approximate surface area is 122 Å². The van der Waals surface area contributed by atoms with Gasteiger partial charge in [-0.1, -0.05) is 55.5 Å². The first kappa shape index (κ1) is 16.2. The number of para-hydroxylation sites is 1. The van der Waals surface area contributed by atoms with Gasteiger partial charge >= 0.3 is 0 Å². The molecule has 0 aliphatic heterocycles. The quantitative estimate of drug-likeness (QED) is 0.822. The number of nitrogens with one attached hydrogen (secondary N) is 1. The smallest absolute Gasteiger partial charge is 0.0803 e. The zero-order valence-electron chi connectivity index (χ0n) is 13.6. The molecule has 0 radical (unpaired) electrons. The van der Waals surface area contributed by atoms with Crippen molar-refractivity contribution in [3.8, 4) is 0 Å². The lowest BCUT2D eigenvalue weighted by Crippen LogP contribution is -2.40. The van der Waals surface area contributed by atoms with Gasteiger partial charge in [0.25, 0.3) is 0 Å². The van der Waals surface area contributed by atoms with E-state index in [9.17, 15) is 0 Å². The molecule has 0 aliphatic carbocycles. The van der Waals surface area contributed by atoms with Crippen LogP contribution in [0.4, 0.5) is 5.69 Å². The molecule has 1 atom stereocenters. The van der Waals surface area contributed by atoms with E-state index in [1.165, 1.54) is 16.4 Å². The van der Waals surface area contributed by atoms with Gasteiger partial charge in [0.2, 0.25) is 0 Å². The first-order chi connectivity index (χ1) is 8.77. The number of anilines is 1. The second kappa shape index (κ2) is 6.57. The molecule has 0 bridgehead atoms. The van der Waals surface area contributed by atoms with Gasteiger partial charge < -0.3 is 5.32 Å². The van der Waals surface area contributed by atoms with Crippen LogP contribution in [0.1, 0.15) is 27.2 Å². The monoisotopic (exact) mass is 291 g/mol. The molecule has 0 aromatic heterocycles. The molecule has 1 N–H and O–H groups in total. The molecule has 19 heavy (non-hydrogen) atoms. The normalized spacial score (nSPS) is 15.1. The summed E-state index contributed by atoms with van der Waals surface area (Å²) >= 11 is 0. The molecule has 0 amide bonds. The summed E-state index contributed by atoms with van der Waals surface area (Å²) in [6.45, 7) is 14.0. The molecular formula is C16H29NSi2. The lowest BCUT2D eigenvalue weighted by atomic mass is 10.1. The fraction of sp³-hybridized carbons (Fsp3) is 0.500. The molecule has 3 heteroatoms. The predicted octanol–water partition coefficient (Wildman–Crippen LogP) is 3.08. The third-order valence-corrected chi connectivity index (χ3v) is 6.63. The SMILES string of the molecule is CCC(Nc1ccccc1[Si](C)(C)C)C(C)=C(C)[SiH3]. The number of hydrogen-bond donors (Lipinski definition) is 1. The summed E-state index contributed by atoms with van der Waals surface area (Å²) in [5, 5.41) is 6.88. The van der Waals surface area contributed by atoms with Crippen LogP contribution in [0.25, 0.3) is 0 Å². The van der Waals surface area contributed by atoms with Crippen LogP contribution >= 0.6 is 0 Å². The first-order valence-electron chi connectivity index (χ1n) is 7.27. The average molecular weight is 292 g/mol. The fourth-order valence-corrected chi connectivity index (χ4v) is 4.22. The molecule has 0 heterocycles. The third kappa shape index (κ3) is 4.35. The average Bonchev–Trinajstić information content (AvgIpc) is 2.34. The molecule has 0 saturated carbocycles. The van der Waals surface area contributed by atoms with E-state index in [0.717, 1.165) is 16.7 Å². The summed E-state index contributed by atoms with van der Waals surface area (Å²) in [5.41, 5.74) is 2.87. The molecular weight excluding hydrogens is 262 g/mol. The Morgan fingerprint density at radius 3 is 2.26 bits per heavy atom. The minimum absolute atomic E-state index is 0.481. The second-order valence-electron chi connectivity index (χ2n) is 6.58. The maximum absolute atomic E-state index is 3.78. The van der Waals surface area contributed by atoms with Crippen LogP contribution in [-0.2, 0) is 0 Å². The molecule has 106 valence electrons. The molecule has 1 nitrogen and oxygen atoms in total. The lowest BCUT2D eigenvalue weighted by Gasteiger charge is -2.26. The van der Waals surface area contributed by atoms with Gasteiger partial charge in [-0.2, -0.15) is 0 Å². The maximum Gasteiger partial charge on any atom is 0.0803 e. The molecule has 0 spiro atoms. The van der Waals surface area contributed by atoms with E-state index in [-0.39, 0.29) is 0 Å². The minimum Gasteiger partial charge on any atom is -0.379 e. The summed E-state index contributed by atoms with van der Waals surface area (Å²) in [7, 11) is -0.130. The first-order valence-corrected chi connectivity index (χ1v) is 11.8. The summed E-state index contributed by atoms with van der Waals surface area (Å²) in [5.74, 6) is 0. The maximum atomic E-state index is 3.78. The molecule has 1 aromatic carbocycles. The van der Waals surface area contributed by atoms with Gasteiger partial charge in [-0.25, -0.2) is 0 Å². The van der Waals surface area contributed by atoms with Crippen LogP contribution in [0.2, 0.25) is 19.6 Å². The standard InChI is InChI=1S/C16H29NSi2/c1-7-14(12(2)13(3)18)17-15-10-8-9-11-16(15)19(4,5)6/h8-11,14,17H,7H2,1-6,18H3. The minimum atomic E-state index is -1.29. The summed E-state index contributed by atoms with van der Waals surface area (Å²) < 4.78 is 0. The predicted molar refractivity (Wildman–Crippen MR) is 95.4 cm³/mol. The van der Waals surface area contributed by atoms with Crippen molar-refractivity contribution in [2.75, 3.05) is 5.32 Å². The highest BCUT2D eigenvalue weighted by atomic mass is 28.3. The largest absolute Gasteiger partial charge is 0.379 e. The van der Waals surface area contributed by atoms with Gasteiger partial charge in [-0.05, 0) is 31.5 Å². The topological polar surface area (TPSA) is 12.0 Å². The van der Waals surface area contributed by atoms with E-state index in [0.29, 0.717) is 6.04 Å². The van der Waals surface area contributed by atoms with E-state index in [1.807, 2.05) is 0 Å². The number of hydrogen-bond acceptors (Lipinski definition) is 1. The molecule has 0 fully saturated rings. The van der Waals surface area contributed by atoms with Crippen LogP contribution < -0.4 is 10.5 Å². The van der Waals surface area contributed by atoms with Crippen LogP contribution in [0.15, 0.2) is 35.0 Å². The van der Waals surface area contributed by atoms with Gasteiger partial charge in [0.05, 0.1) is 8.07 Å². The van der Waals surface area contributed by atoms with Gasteiger partial charge in [-0.15, -0.1) is 0 Å². The lowest BCUT2D eigenvalue weighted by molar-refractivity contribution is 0.784. The van der Waals surface area contributed by atoms with E-state index >= 15 is 0 Å². The number of benzene rings is 1. The van der Waals surface area contributed by atoms with Gasteiger partial charge in [0, 0.05) is 22.0 Å². The van der Waals surface area contributed by atoms with Crippen molar-refractivity contribution in [2.45, 2.75) is 52.9 Å². The second-order valence-corrected chi connectivity index (χ2v) is 13.1. The molecule has 0 aliphatic rings. The molecule has 1 unspecified atom stereocenters. The van der Waals surface area contributed by atoms with Crippen LogP contribution in [0, 0.1) is 0 Å². The van der Waals surface area contributed by atoms with Crippen molar-refractivity contribution < 1.29 is 0 Å². The Bertz CT molecular complexity index is 454. The van der Waals surface area contributed by atoms with Crippen molar-refractivity contribution in [2.24, 2.45) is 0 Å². The van der Waals surface area contributed by atoms with Crippen molar-refractivity contribution in [1.82, 2.24) is 0 Å². The van der Waals surface area contributed by atoms with Gasteiger partial charge in [-0.3, -0.25) is 0 Å². The van der Waals surface area contributed by atoms with E-state index in [1.54, 1.807) is 5.20 Å². The van der Waals surface area contributed by atoms with Crippen molar-refractivity contribution in [3.63, 3.8) is 0 Å². The van der Waals surface area contributed by atoms with Crippen molar-refractivity contribution in [3.05, 3.63) is 35.0 Å². The Kier molecular flexibility index (Phi) is 5.62. The highest BCUT2D eigenvalue weighted by molar-refractivity contribution is 6.89. The van der Waals surface area contributed by atoms with Crippen LogP contribution in [-0.4, -0.2) is 24.4 Å². The summed E-state index contributed by atoms with van der Waals surface area (Å²) in [4.78, 5) is 0. The molecule has 1 aromatic rings. The van der Waals surface area contributed by atoms with Crippen molar-refractivity contribution in [1.29, 1.82) is 0 Å². The van der Waals surface area contributed by atoms with Crippen molar-refractivity contribution >= 4 is 29.2 Å². The van der Waals surface area contributed by atoms with Gasteiger partial charge in [0.1, 0.15) is 0 Å². The summed E-state index contributed by atoms with van der Waals surface area (Å²) in [6, 6.07) is 9.33. The fourth-order valence-electron chi connectivity index (χ4n) is 2.32. The Morgan fingerprint density at radius 1 is 1.21 bits per heavy atom. The Balaban J connectivity index is 3.09. The zero-order chi connectivity index (χ0) is 14.6. The van der Waals surface area contributed by atoms with E-state index < -0.39 is 8.07 Å². The van der Waals surface area contributed by atoms with Gasteiger partial charge in [0.15, 0.2) is 0 Å². The highest BCUT2D eigenvalue weighted by Gasteiger charge is 2.21. The third-order valence-electron chi connectivity index (χ3n) is 3.78. The number of allylic oxidation sites excluding steroid dienone is 1. The van der Waals surface area contributed by atoms with Crippen LogP contribution in [0.3, 0.4) is 0 Å². The van der Waals surface area contributed by atoms with Crippen LogP contribution in [0.5, 0.6) is 0 Å². The molecule has 1 rings (SSSR count). The summed E-state index contributed by atoms with van der Waals surface area (Å²) in [6.07, 6.45) is 1.14. The Hall–Kier alpha value is -0.806. The van der Waals surface area contributed by atoms with E-state index in [2.05, 4.69) is 70.0 Å². The highest BCUT2D eigenvalue weighted by Crippen LogP contribution is 2.18.